The van der Waals surface area contributed by atoms with E-state index >= 15 is 0 Å². The predicted molar refractivity (Wildman–Crippen MR) is 109 cm³/mol. The van der Waals surface area contributed by atoms with Crippen molar-refractivity contribution in [3.05, 3.63) is 39.2 Å². The van der Waals surface area contributed by atoms with Crippen LogP contribution in [0.1, 0.15) is 17.8 Å². The predicted octanol–water partition coefficient (Wildman–Crippen LogP) is 3.06. The molecule has 1 N–H and O–H groups in total. The molecule has 4 rings (SSSR count). The molecule has 2 aromatic heterocycles. The minimum absolute atomic E-state index is 0.0514. The summed E-state index contributed by atoms with van der Waals surface area (Å²) in [6.07, 6.45) is 6.60. The molecule has 1 amide bonds. The number of hydrogen-bond acceptors (Lipinski definition) is 7. The van der Waals surface area contributed by atoms with Crippen LogP contribution in [0.4, 0.5) is 5.69 Å². The Morgan fingerprint density at radius 3 is 2.69 bits per heavy atom. The molecule has 1 aromatic carbocycles. The van der Waals surface area contributed by atoms with E-state index < -0.39 is 0 Å². The fourth-order valence-electron chi connectivity index (χ4n) is 2.55. The van der Waals surface area contributed by atoms with E-state index in [1.807, 2.05) is 31.2 Å². The van der Waals surface area contributed by atoms with E-state index in [1.165, 1.54) is 27.6 Å². The van der Waals surface area contributed by atoms with Gasteiger partial charge in [-0.3, -0.25) is 4.79 Å². The lowest BCUT2D eigenvalue weighted by molar-refractivity contribution is -0.113. The summed E-state index contributed by atoms with van der Waals surface area (Å²) >= 11 is 4.61. The average molecular weight is 401 g/mol. The molecule has 132 valence electrons. The maximum Gasteiger partial charge on any atom is 0.234 e. The number of thiazole rings is 1. The van der Waals surface area contributed by atoms with Crippen molar-refractivity contribution in [1.29, 1.82) is 0 Å². The highest BCUT2D eigenvalue weighted by molar-refractivity contribution is 8.01. The molecule has 26 heavy (non-hydrogen) atoms. The molecule has 3 aromatic rings. The van der Waals surface area contributed by atoms with Gasteiger partial charge in [0.1, 0.15) is 10.0 Å². The number of nitrogens with one attached hydrogen (secondary N) is 1. The number of carbonyl (C=O) groups excluding carboxylic acids is 1. The van der Waals surface area contributed by atoms with Gasteiger partial charge in [-0.15, -0.1) is 21.5 Å². The number of anilines is 1. The topological polar surface area (TPSA) is 67.8 Å². The lowest BCUT2D eigenvalue weighted by atomic mass is 10.2. The van der Waals surface area contributed by atoms with E-state index in [0.29, 0.717) is 5.75 Å². The minimum Gasteiger partial charge on any atom is -0.325 e. The third kappa shape index (κ3) is 4.03. The Morgan fingerprint density at radius 2 is 1.96 bits per heavy atom. The summed E-state index contributed by atoms with van der Waals surface area (Å²) in [6, 6.07) is 7.84. The Labute approximate surface area is 162 Å². The van der Waals surface area contributed by atoms with E-state index in [-0.39, 0.29) is 5.91 Å². The van der Waals surface area contributed by atoms with E-state index in [9.17, 15) is 4.79 Å². The van der Waals surface area contributed by atoms with Gasteiger partial charge >= 0.3 is 0 Å². The number of aryl methyl sites for hydroxylation is 1. The second-order valence-corrected chi connectivity index (χ2v) is 9.19. The number of nitrogens with zero attached hydrogens (tertiary/aromatic N) is 3. The van der Waals surface area contributed by atoms with Crippen LogP contribution in [0, 0.1) is 6.92 Å². The fraction of sp³-hybridized carbons (Fsp3) is 0.222. The first-order valence-corrected chi connectivity index (χ1v) is 10.8. The molecule has 0 saturated heterocycles. The maximum absolute atomic E-state index is 12.1. The molecule has 1 aliphatic carbocycles. The van der Waals surface area contributed by atoms with Gasteiger partial charge in [0.2, 0.25) is 5.91 Å². The van der Waals surface area contributed by atoms with E-state index in [2.05, 4.69) is 27.7 Å². The highest BCUT2D eigenvalue weighted by atomic mass is 32.2. The zero-order valence-corrected chi connectivity index (χ0v) is 16.5. The van der Waals surface area contributed by atoms with Crippen molar-refractivity contribution in [2.75, 3.05) is 11.1 Å². The maximum atomic E-state index is 12.1. The number of rotatable bonds is 5. The van der Waals surface area contributed by atoms with Crippen molar-refractivity contribution in [3.8, 4) is 10.6 Å². The van der Waals surface area contributed by atoms with Crippen molar-refractivity contribution in [2.45, 2.75) is 24.1 Å². The SMILES string of the molecule is Cc1nnc(SCC(=O)Nc2ccc(-c3nc4c(s3)=CCCC=4)cc2)s1. The molecule has 0 spiro atoms. The quantitative estimate of drug-likeness (QED) is 0.667. The molecule has 0 saturated carbocycles. The second-order valence-electron chi connectivity index (χ2n) is 5.76. The molecular weight excluding hydrogens is 384 g/mol. The number of carbonyl (C=O) groups is 1. The number of thioether (sulfide) groups is 1. The van der Waals surface area contributed by atoms with Gasteiger partial charge in [-0.05, 0) is 44.0 Å². The van der Waals surface area contributed by atoms with Crippen LogP contribution in [-0.2, 0) is 4.79 Å². The van der Waals surface area contributed by atoms with Gasteiger partial charge in [0.25, 0.3) is 0 Å². The molecule has 0 aliphatic heterocycles. The van der Waals surface area contributed by atoms with Crippen molar-refractivity contribution in [2.24, 2.45) is 0 Å². The van der Waals surface area contributed by atoms with Crippen molar-refractivity contribution < 1.29 is 4.79 Å². The Hall–Kier alpha value is -2.03. The standard InChI is InChI=1S/C18H16N4OS3/c1-11-21-22-18(25-11)24-10-16(23)19-13-8-6-12(7-9-13)17-20-14-4-2-3-5-15(14)26-17/h4-9H,2-3,10H2,1H3,(H,19,23). The summed E-state index contributed by atoms with van der Waals surface area (Å²) in [5.41, 5.74) is 1.86. The van der Waals surface area contributed by atoms with Gasteiger partial charge in [0.05, 0.1) is 15.6 Å². The molecule has 8 heteroatoms. The van der Waals surface area contributed by atoms with Crippen LogP contribution in [0.2, 0.25) is 0 Å². The van der Waals surface area contributed by atoms with Crippen LogP contribution in [0.5, 0.6) is 0 Å². The van der Waals surface area contributed by atoms with E-state index in [1.54, 1.807) is 11.3 Å². The molecule has 0 bridgehead atoms. The van der Waals surface area contributed by atoms with Gasteiger partial charge in [-0.1, -0.05) is 35.3 Å². The summed E-state index contributed by atoms with van der Waals surface area (Å²) < 4.78 is 2.07. The average Bonchev–Trinajstić information content (AvgIpc) is 3.26. The third-order valence-electron chi connectivity index (χ3n) is 3.77. The fourth-order valence-corrected chi connectivity index (χ4v) is 5.21. The number of hydrogen-bond donors (Lipinski definition) is 1. The van der Waals surface area contributed by atoms with Crippen molar-refractivity contribution >= 4 is 58.2 Å². The molecule has 5 nitrogen and oxygen atoms in total. The molecule has 0 radical (unpaired) electrons. The first kappa shape index (κ1) is 17.4. The Balaban J connectivity index is 1.40. The normalized spacial score (nSPS) is 12.8. The minimum atomic E-state index is -0.0514. The largest absolute Gasteiger partial charge is 0.325 e. The molecule has 0 atom stereocenters. The smallest absolute Gasteiger partial charge is 0.234 e. The van der Waals surface area contributed by atoms with Crippen molar-refractivity contribution in [3.63, 3.8) is 0 Å². The summed E-state index contributed by atoms with van der Waals surface area (Å²) in [7, 11) is 0. The van der Waals surface area contributed by atoms with Crippen LogP contribution in [0.25, 0.3) is 22.7 Å². The lowest BCUT2D eigenvalue weighted by Crippen LogP contribution is -2.22. The van der Waals surface area contributed by atoms with Crippen LogP contribution >= 0.6 is 34.4 Å². The number of amides is 1. The molecular formula is C18H16N4OS3. The second kappa shape index (κ2) is 7.69. The van der Waals surface area contributed by atoms with Crippen molar-refractivity contribution in [1.82, 2.24) is 15.2 Å². The Kier molecular flexibility index (Phi) is 5.14. The lowest BCUT2D eigenvalue weighted by Gasteiger charge is -2.05. The molecule has 0 unspecified atom stereocenters. The van der Waals surface area contributed by atoms with E-state index in [4.69, 9.17) is 4.98 Å². The molecule has 0 fully saturated rings. The summed E-state index contributed by atoms with van der Waals surface area (Å²) in [5.74, 6) is 0.269. The zero-order chi connectivity index (χ0) is 17.9. The third-order valence-corrected chi connectivity index (χ3v) is 6.85. The Morgan fingerprint density at radius 1 is 1.15 bits per heavy atom. The Bertz CT molecular complexity index is 1020. The zero-order valence-electron chi connectivity index (χ0n) is 14.1. The summed E-state index contributed by atoms with van der Waals surface area (Å²) in [5, 5.41) is 13.9. The van der Waals surface area contributed by atoms with Crippen LogP contribution in [0.3, 0.4) is 0 Å². The summed E-state index contributed by atoms with van der Waals surface area (Å²) in [6.45, 7) is 1.90. The van der Waals surface area contributed by atoms with Crippen LogP contribution < -0.4 is 15.2 Å². The van der Waals surface area contributed by atoms with Gasteiger partial charge in [0, 0.05) is 11.3 Å². The van der Waals surface area contributed by atoms with Crippen LogP contribution in [-0.4, -0.2) is 26.8 Å². The monoisotopic (exact) mass is 400 g/mol. The number of aromatic nitrogens is 3. The molecule has 1 aliphatic rings. The van der Waals surface area contributed by atoms with E-state index in [0.717, 1.165) is 43.8 Å². The van der Waals surface area contributed by atoms with Gasteiger partial charge in [-0.25, -0.2) is 4.98 Å². The highest BCUT2D eigenvalue weighted by Crippen LogP contribution is 2.23. The highest BCUT2D eigenvalue weighted by Gasteiger charge is 2.09. The van der Waals surface area contributed by atoms with Gasteiger partial charge < -0.3 is 5.32 Å². The summed E-state index contributed by atoms with van der Waals surface area (Å²) in [4.78, 5) is 16.8. The number of fused-ring (bicyclic) bond motifs is 1. The van der Waals surface area contributed by atoms with Gasteiger partial charge in [0.15, 0.2) is 4.34 Å². The molecule has 2 heterocycles. The first-order chi connectivity index (χ1) is 12.7. The van der Waals surface area contributed by atoms with Crippen LogP contribution in [0.15, 0.2) is 28.6 Å². The number of benzene rings is 1. The van der Waals surface area contributed by atoms with Gasteiger partial charge in [-0.2, -0.15) is 0 Å². The first-order valence-electron chi connectivity index (χ1n) is 8.18.